The molecule has 2 aromatic carbocycles. The van der Waals surface area contributed by atoms with Crippen LogP contribution in [0, 0.1) is 0 Å². The molecule has 0 aliphatic carbocycles. The number of carbonyl (C=O) groups is 1. The number of nitrogens with one attached hydrogen (secondary N) is 2. The van der Waals surface area contributed by atoms with Gasteiger partial charge in [0.1, 0.15) is 0 Å². The van der Waals surface area contributed by atoms with Gasteiger partial charge < -0.3 is 16.4 Å². The number of primary amides is 1. The number of halogens is 2. The minimum atomic E-state index is -3.92. The van der Waals surface area contributed by atoms with Gasteiger partial charge in [-0.3, -0.25) is 4.98 Å². The van der Waals surface area contributed by atoms with Crippen LogP contribution in [0.5, 0.6) is 0 Å². The summed E-state index contributed by atoms with van der Waals surface area (Å²) in [6, 6.07) is 11.3. The summed E-state index contributed by atoms with van der Waals surface area (Å²) in [5.41, 5.74) is 8.03. The maximum atomic E-state index is 14.0. The average Bonchev–Trinajstić information content (AvgIpc) is 2.82. The number of hydrogen-bond donors (Lipinski definition) is 3. The van der Waals surface area contributed by atoms with Crippen LogP contribution < -0.4 is 16.4 Å². The van der Waals surface area contributed by atoms with E-state index in [9.17, 15) is 13.2 Å². The van der Waals surface area contributed by atoms with Crippen LogP contribution in [0.25, 0.3) is 22.3 Å². The zero-order valence-corrected chi connectivity index (χ0v) is 20.4. The van der Waals surface area contributed by atoms with Gasteiger partial charge in [0.15, 0.2) is 0 Å². The number of amides is 2. The Morgan fingerprint density at radius 3 is 2.41 bits per heavy atom. The van der Waals surface area contributed by atoms with Gasteiger partial charge in [-0.15, -0.1) is 0 Å². The molecule has 0 bridgehead atoms. The Morgan fingerprint density at radius 1 is 1.06 bits per heavy atom. The lowest BCUT2D eigenvalue weighted by atomic mass is 9.96. The lowest BCUT2D eigenvalue weighted by Crippen LogP contribution is -2.46. The third-order valence-electron chi connectivity index (χ3n) is 5.51. The molecule has 0 unspecified atom stereocenters. The summed E-state index contributed by atoms with van der Waals surface area (Å²) in [4.78, 5) is 15.6. The summed E-state index contributed by atoms with van der Waals surface area (Å²) >= 11 is 12.5. The molecular formula is C23H23Cl2N5O3S. The van der Waals surface area contributed by atoms with Crippen molar-refractivity contribution in [3.05, 3.63) is 70.5 Å². The number of pyridine rings is 1. The number of nitrogens with zero attached hydrogens (tertiary/aromatic N) is 2. The molecule has 3 aromatic rings. The number of rotatable bonds is 6. The molecule has 2 heterocycles. The van der Waals surface area contributed by atoms with Crippen molar-refractivity contribution in [3.8, 4) is 22.3 Å². The van der Waals surface area contributed by atoms with Crippen LogP contribution in [0.4, 0.5) is 4.79 Å². The Morgan fingerprint density at radius 2 is 1.74 bits per heavy atom. The first-order valence-electron chi connectivity index (χ1n) is 10.5. The second kappa shape index (κ2) is 10.3. The number of nitrogens with two attached hydrogens (primary N) is 1. The molecule has 4 N–H and O–H groups in total. The number of sulfonamides is 1. The Hall–Kier alpha value is -2.69. The van der Waals surface area contributed by atoms with Crippen LogP contribution in [0.2, 0.25) is 10.0 Å². The molecule has 0 atom stereocenters. The minimum Gasteiger partial charge on any atom is -0.352 e. The molecule has 8 nitrogen and oxygen atoms in total. The molecule has 1 fully saturated rings. The van der Waals surface area contributed by atoms with E-state index >= 15 is 0 Å². The number of hydrogen-bond acceptors (Lipinski definition) is 5. The zero-order valence-electron chi connectivity index (χ0n) is 18.1. The van der Waals surface area contributed by atoms with Gasteiger partial charge in [0, 0.05) is 66.3 Å². The summed E-state index contributed by atoms with van der Waals surface area (Å²) in [7, 11) is -3.92. The zero-order chi connectivity index (χ0) is 24.3. The average molecular weight is 520 g/mol. The fraction of sp³-hybridized carbons (Fsp3) is 0.217. The first-order chi connectivity index (χ1) is 16.3. The van der Waals surface area contributed by atoms with Crippen LogP contribution in [0.1, 0.15) is 5.56 Å². The number of carbonyl (C=O) groups excluding carboxylic acids is 1. The summed E-state index contributed by atoms with van der Waals surface area (Å²) in [5, 5.41) is 6.53. The van der Waals surface area contributed by atoms with E-state index in [4.69, 9.17) is 28.9 Å². The Labute approximate surface area is 208 Å². The van der Waals surface area contributed by atoms with Crippen molar-refractivity contribution >= 4 is 39.3 Å². The smallest absolute Gasteiger partial charge is 0.312 e. The van der Waals surface area contributed by atoms with Gasteiger partial charge in [-0.1, -0.05) is 41.4 Å². The highest BCUT2D eigenvalue weighted by Gasteiger charge is 2.32. The van der Waals surface area contributed by atoms with E-state index in [0.29, 0.717) is 64.0 Å². The molecule has 0 spiro atoms. The van der Waals surface area contributed by atoms with E-state index in [0.717, 1.165) is 0 Å². The van der Waals surface area contributed by atoms with Gasteiger partial charge >= 0.3 is 6.03 Å². The third-order valence-corrected chi connectivity index (χ3v) is 7.95. The van der Waals surface area contributed by atoms with Gasteiger partial charge in [-0.2, -0.15) is 4.31 Å². The fourth-order valence-corrected chi connectivity index (χ4v) is 6.36. The quantitative estimate of drug-likeness (QED) is 0.460. The van der Waals surface area contributed by atoms with Crippen LogP contribution in [0.3, 0.4) is 0 Å². The van der Waals surface area contributed by atoms with E-state index < -0.39 is 16.1 Å². The van der Waals surface area contributed by atoms with Crippen LogP contribution in [-0.2, 0) is 16.6 Å². The van der Waals surface area contributed by atoms with Crippen molar-refractivity contribution in [3.63, 3.8) is 0 Å². The lowest BCUT2D eigenvalue weighted by molar-refractivity contribution is 0.248. The number of piperazine rings is 1. The van der Waals surface area contributed by atoms with Gasteiger partial charge in [0.2, 0.25) is 10.0 Å². The van der Waals surface area contributed by atoms with E-state index in [1.807, 2.05) is 0 Å². The largest absolute Gasteiger partial charge is 0.352 e. The molecule has 178 valence electrons. The molecule has 11 heteroatoms. The monoisotopic (exact) mass is 519 g/mol. The van der Waals surface area contributed by atoms with Crippen molar-refractivity contribution < 1.29 is 13.2 Å². The lowest BCUT2D eigenvalue weighted by Gasteiger charge is -2.29. The fourth-order valence-electron chi connectivity index (χ4n) is 3.99. The first kappa shape index (κ1) is 24.4. The SMILES string of the molecule is NC(=O)NCc1cnccc1-c1cccc(-c2cc(Cl)cc(Cl)c2)c1S(=O)(=O)N1CCNCC1. The first-order valence-corrected chi connectivity index (χ1v) is 12.7. The van der Waals surface area contributed by atoms with Crippen molar-refractivity contribution in [2.45, 2.75) is 11.4 Å². The maximum absolute atomic E-state index is 14.0. The Balaban J connectivity index is 1.98. The predicted octanol–water partition coefficient (Wildman–Crippen LogP) is 3.48. The van der Waals surface area contributed by atoms with Crippen LogP contribution in [-0.4, -0.2) is 49.9 Å². The number of urea groups is 1. The molecule has 0 saturated carbocycles. The van der Waals surface area contributed by atoms with E-state index in [1.54, 1.807) is 54.9 Å². The van der Waals surface area contributed by atoms with Gasteiger partial charge in [-0.25, -0.2) is 13.2 Å². The number of aromatic nitrogens is 1. The normalized spacial score (nSPS) is 14.6. The van der Waals surface area contributed by atoms with Crippen molar-refractivity contribution in [1.82, 2.24) is 19.9 Å². The van der Waals surface area contributed by atoms with Crippen molar-refractivity contribution in [2.24, 2.45) is 5.73 Å². The molecule has 0 radical (unpaired) electrons. The topological polar surface area (TPSA) is 117 Å². The Bertz CT molecular complexity index is 1310. The van der Waals surface area contributed by atoms with Crippen LogP contribution in [0.15, 0.2) is 59.8 Å². The molecule has 1 aliphatic rings. The molecular weight excluding hydrogens is 497 g/mol. The minimum absolute atomic E-state index is 0.0961. The van der Waals surface area contributed by atoms with Crippen molar-refractivity contribution in [2.75, 3.05) is 26.2 Å². The molecule has 1 saturated heterocycles. The third kappa shape index (κ3) is 5.18. The standard InChI is InChI=1S/C23H23Cl2N5O3S/c24-17-10-15(11-18(25)12-17)20-2-1-3-21(19-4-5-28-13-16(19)14-29-23(26)31)22(20)34(32,33)30-8-6-27-7-9-30/h1-5,10-13,27H,6-9,14H2,(H3,26,29,31). The van der Waals surface area contributed by atoms with E-state index in [1.165, 1.54) is 4.31 Å². The summed E-state index contributed by atoms with van der Waals surface area (Å²) in [6.45, 7) is 1.90. The second-order valence-corrected chi connectivity index (χ2v) is 10.5. The van der Waals surface area contributed by atoms with Gasteiger partial charge in [-0.05, 0) is 41.0 Å². The summed E-state index contributed by atoms with van der Waals surface area (Å²) in [5.74, 6) is 0. The Kier molecular flexibility index (Phi) is 7.39. The highest BCUT2D eigenvalue weighted by atomic mass is 35.5. The maximum Gasteiger partial charge on any atom is 0.312 e. The summed E-state index contributed by atoms with van der Waals surface area (Å²) < 4.78 is 29.6. The van der Waals surface area contributed by atoms with Gasteiger partial charge in [0.25, 0.3) is 0 Å². The molecule has 1 aromatic heterocycles. The molecule has 2 amide bonds. The number of benzene rings is 2. The highest BCUT2D eigenvalue weighted by molar-refractivity contribution is 7.89. The van der Waals surface area contributed by atoms with Gasteiger partial charge in [0.05, 0.1) is 4.90 Å². The highest BCUT2D eigenvalue weighted by Crippen LogP contribution is 2.40. The molecule has 4 rings (SSSR count). The second-order valence-electron chi connectivity index (χ2n) is 7.75. The van der Waals surface area contributed by atoms with E-state index in [-0.39, 0.29) is 11.4 Å². The molecule has 1 aliphatic heterocycles. The molecule has 34 heavy (non-hydrogen) atoms. The van der Waals surface area contributed by atoms with E-state index in [2.05, 4.69) is 15.6 Å². The van der Waals surface area contributed by atoms with Crippen LogP contribution >= 0.6 is 23.2 Å². The predicted molar refractivity (Wildman–Crippen MR) is 133 cm³/mol. The van der Waals surface area contributed by atoms with Crippen molar-refractivity contribution in [1.29, 1.82) is 0 Å². The summed E-state index contributed by atoms with van der Waals surface area (Å²) in [6.07, 6.45) is 3.16.